The van der Waals surface area contributed by atoms with Gasteiger partial charge in [-0.3, -0.25) is 9.69 Å². The summed E-state index contributed by atoms with van der Waals surface area (Å²) in [6.07, 6.45) is 0.967. The van der Waals surface area contributed by atoms with Crippen molar-refractivity contribution >= 4 is 46.3 Å². The molecule has 210 valence electrons. The van der Waals surface area contributed by atoms with Gasteiger partial charge in [0, 0.05) is 28.4 Å². The van der Waals surface area contributed by atoms with E-state index in [0.717, 1.165) is 28.0 Å². The number of Topliss-reactive ketones (excluding diaryl/α,β-unsaturated/α-hetero) is 1. The van der Waals surface area contributed by atoms with Gasteiger partial charge in [0.1, 0.15) is 18.2 Å². The zero-order valence-corrected chi connectivity index (χ0v) is 25.6. The molecule has 1 aliphatic carbocycles. The van der Waals surface area contributed by atoms with Crippen molar-refractivity contribution in [2.75, 3.05) is 4.90 Å². The first kappa shape index (κ1) is 29.1. The fourth-order valence-electron chi connectivity index (χ4n) is 5.84. The van der Waals surface area contributed by atoms with E-state index in [1.165, 1.54) is 0 Å². The first-order chi connectivity index (χ1) is 19.4. The third kappa shape index (κ3) is 5.57. The van der Waals surface area contributed by atoms with Gasteiger partial charge in [0.05, 0.1) is 27.6 Å². The molecule has 0 saturated carbocycles. The van der Waals surface area contributed by atoms with Crippen LogP contribution >= 0.6 is 34.8 Å². The Hall–Kier alpha value is -3.43. The molecule has 2 aliphatic rings. The normalized spacial score (nSPS) is 18.3. The van der Waals surface area contributed by atoms with Gasteiger partial charge in [-0.25, -0.2) is 0 Å². The van der Waals surface area contributed by atoms with Crippen LogP contribution in [0.3, 0.4) is 0 Å². The molecule has 3 aromatic rings. The molecule has 5 nitrogen and oxygen atoms in total. The minimum absolute atomic E-state index is 0.00595. The number of ketones is 1. The van der Waals surface area contributed by atoms with Crippen molar-refractivity contribution in [2.24, 2.45) is 11.1 Å². The largest absolute Gasteiger partial charge is 0.489 e. The maximum Gasteiger partial charge on any atom is 0.162 e. The Labute approximate surface area is 255 Å². The Morgan fingerprint density at radius 3 is 2.39 bits per heavy atom. The predicted molar refractivity (Wildman–Crippen MR) is 165 cm³/mol. The number of hydrogen-bond acceptors (Lipinski definition) is 5. The molecule has 3 aromatic carbocycles. The highest BCUT2D eigenvalue weighted by molar-refractivity contribution is 6.42. The molecule has 0 radical (unpaired) electrons. The van der Waals surface area contributed by atoms with Crippen LogP contribution in [0.1, 0.15) is 54.9 Å². The number of nitriles is 1. The molecule has 0 saturated heterocycles. The number of halogens is 3. The summed E-state index contributed by atoms with van der Waals surface area (Å²) in [5.74, 6) is 0.376. The lowest BCUT2D eigenvalue weighted by molar-refractivity contribution is -0.118. The van der Waals surface area contributed by atoms with Gasteiger partial charge in [0.2, 0.25) is 0 Å². The van der Waals surface area contributed by atoms with Crippen molar-refractivity contribution in [1.82, 2.24) is 0 Å². The van der Waals surface area contributed by atoms with Gasteiger partial charge < -0.3 is 10.5 Å². The van der Waals surface area contributed by atoms with Gasteiger partial charge in [-0.1, -0.05) is 66.3 Å². The van der Waals surface area contributed by atoms with Gasteiger partial charge in [0.15, 0.2) is 5.78 Å². The van der Waals surface area contributed by atoms with Crippen molar-refractivity contribution in [3.63, 3.8) is 0 Å². The van der Waals surface area contributed by atoms with E-state index >= 15 is 0 Å². The quantitative estimate of drug-likeness (QED) is 0.314. The van der Waals surface area contributed by atoms with E-state index in [0.29, 0.717) is 57.1 Å². The molecular weight excluding hydrogens is 577 g/mol. The SMILES string of the molecule is Cc1cc(COc2ccc(Cl)cc2)c(C)c(C2C(C#N)=C(N)N(c3ccc(Cl)c(Cl)c3)C3=C2C(=O)CC(C)(C)C3)c1. The third-order valence-corrected chi connectivity index (χ3v) is 8.75. The molecule has 0 aromatic heterocycles. The number of ether oxygens (including phenoxy) is 1. The van der Waals surface area contributed by atoms with Crippen molar-refractivity contribution in [2.45, 2.75) is 53.1 Å². The van der Waals surface area contributed by atoms with E-state index in [1.807, 2.05) is 32.0 Å². The zero-order chi connectivity index (χ0) is 29.6. The number of benzene rings is 3. The second-order valence-corrected chi connectivity index (χ2v) is 12.7. The average molecular weight is 607 g/mol. The summed E-state index contributed by atoms with van der Waals surface area (Å²) < 4.78 is 6.08. The molecule has 1 aliphatic heterocycles. The minimum Gasteiger partial charge on any atom is -0.489 e. The fourth-order valence-corrected chi connectivity index (χ4v) is 6.26. The van der Waals surface area contributed by atoms with Crippen LogP contribution in [0.5, 0.6) is 5.75 Å². The summed E-state index contributed by atoms with van der Waals surface area (Å²) in [5.41, 5.74) is 12.7. The number of carbonyl (C=O) groups excluding carboxylic acids is 1. The Morgan fingerprint density at radius 2 is 1.73 bits per heavy atom. The van der Waals surface area contributed by atoms with Gasteiger partial charge in [-0.15, -0.1) is 0 Å². The number of anilines is 1. The molecule has 2 N–H and O–H groups in total. The zero-order valence-electron chi connectivity index (χ0n) is 23.3. The molecule has 1 atom stereocenters. The Balaban J connectivity index is 1.67. The maximum atomic E-state index is 14.0. The van der Waals surface area contributed by atoms with E-state index in [1.54, 1.807) is 35.2 Å². The summed E-state index contributed by atoms with van der Waals surface area (Å²) in [7, 11) is 0. The molecule has 5 rings (SSSR count). The highest BCUT2D eigenvalue weighted by atomic mass is 35.5. The Morgan fingerprint density at radius 1 is 1.02 bits per heavy atom. The Bertz CT molecular complexity index is 1670. The van der Waals surface area contributed by atoms with E-state index in [9.17, 15) is 10.1 Å². The van der Waals surface area contributed by atoms with Crippen LogP contribution < -0.4 is 15.4 Å². The summed E-state index contributed by atoms with van der Waals surface area (Å²) in [4.78, 5) is 15.8. The maximum absolute atomic E-state index is 14.0. The van der Waals surface area contributed by atoms with Crippen molar-refractivity contribution in [3.05, 3.63) is 115 Å². The van der Waals surface area contributed by atoms with Crippen molar-refractivity contribution < 1.29 is 9.53 Å². The summed E-state index contributed by atoms with van der Waals surface area (Å²) in [5, 5.41) is 11.9. The van der Waals surface area contributed by atoms with E-state index in [2.05, 4.69) is 26.0 Å². The molecule has 41 heavy (non-hydrogen) atoms. The summed E-state index contributed by atoms with van der Waals surface area (Å²) in [6.45, 7) is 8.46. The topological polar surface area (TPSA) is 79.3 Å². The highest BCUT2D eigenvalue weighted by Gasteiger charge is 2.45. The molecule has 1 heterocycles. The number of rotatable bonds is 5. The van der Waals surface area contributed by atoms with Crippen LogP contribution in [0.2, 0.25) is 15.1 Å². The van der Waals surface area contributed by atoms with Gasteiger partial charge in [0.25, 0.3) is 0 Å². The van der Waals surface area contributed by atoms with E-state index in [4.69, 9.17) is 45.3 Å². The van der Waals surface area contributed by atoms with Crippen LogP contribution in [0.25, 0.3) is 0 Å². The molecule has 0 fully saturated rings. The predicted octanol–water partition coefficient (Wildman–Crippen LogP) is 8.78. The Kier molecular flexibility index (Phi) is 7.87. The number of carbonyl (C=O) groups is 1. The number of aryl methyl sites for hydroxylation is 1. The molecule has 8 heteroatoms. The van der Waals surface area contributed by atoms with Crippen LogP contribution in [-0.4, -0.2) is 5.78 Å². The van der Waals surface area contributed by atoms with Crippen LogP contribution in [0.4, 0.5) is 5.69 Å². The average Bonchev–Trinajstić information content (AvgIpc) is 2.90. The lowest BCUT2D eigenvalue weighted by Crippen LogP contribution is -2.42. The molecule has 0 amide bonds. The molecule has 0 spiro atoms. The lowest BCUT2D eigenvalue weighted by Gasteiger charge is -2.44. The lowest BCUT2D eigenvalue weighted by atomic mass is 9.68. The monoisotopic (exact) mass is 605 g/mol. The van der Waals surface area contributed by atoms with Crippen LogP contribution in [0, 0.1) is 30.6 Å². The summed E-state index contributed by atoms with van der Waals surface area (Å²) in [6, 6.07) is 18.9. The number of allylic oxidation sites excluding steroid dienone is 3. The van der Waals surface area contributed by atoms with Gasteiger partial charge in [-0.2, -0.15) is 5.26 Å². The molecule has 1 unspecified atom stereocenters. The number of nitrogens with two attached hydrogens (primary N) is 1. The molecule has 0 bridgehead atoms. The number of nitrogens with zero attached hydrogens (tertiary/aromatic N) is 2. The van der Waals surface area contributed by atoms with Gasteiger partial charge in [-0.05, 0) is 84.8 Å². The number of hydrogen-bond donors (Lipinski definition) is 1. The minimum atomic E-state index is -0.605. The smallest absolute Gasteiger partial charge is 0.162 e. The first-order valence-corrected chi connectivity index (χ1v) is 14.4. The van der Waals surface area contributed by atoms with Crippen molar-refractivity contribution in [3.8, 4) is 11.8 Å². The standard InChI is InChI=1S/C33H30Cl3N3O2/c1-18-11-20(17-41-23-8-5-21(34)6-9-23)19(2)24(12-18)30-25(16-37)32(38)39(22-7-10-26(35)27(36)13-22)28-14-33(3,4)15-29(40)31(28)30/h5-13,30H,14-15,17,38H2,1-4H3. The van der Waals surface area contributed by atoms with Crippen LogP contribution in [-0.2, 0) is 11.4 Å². The second-order valence-electron chi connectivity index (χ2n) is 11.5. The summed E-state index contributed by atoms with van der Waals surface area (Å²) >= 11 is 18.6. The first-order valence-electron chi connectivity index (χ1n) is 13.3. The molecular formula is C33H30Cl3N3O2. The third-order valence-electron chi connectivity index (χ3n) is 7.76. The van der Waals surface area contributed by atoms with Crippen molar-refractivity contribution in [1.29, 1.82) is 5.26 Å². The van der Waals surface area contributed by atoms with E-state index < -0.39 is 5.92 Å². The van der Waals surface area contributed by atoms with Crippen LogP contribution in [0.15, 0.2) is 77.3 Å². The highest BCUT2D eigenvalue weighted by Crippen LogP contribution is 2.51. The fraction of sp³-hybridized carbons (Fsp3) is 0.273. The van der Waals surface area contributed by atoms with E-state index in [-0.39, 0.29) is 17.0 Å². The van der Waals surface area contributed by atoms with Gasteiger partial charge >= 0.3 is 0 Å². The second kappa shape index (κ2) is 11.1.